The smallest absolute Gasteiger partial charge is 0.0546 e. The lowest BCUT2D eigenvalue weighted by atomic mass is 9.92. The molecule has 0 spiro atoms. The number of nitrogens with zero attached hydrogens (tertiary/aromatic N) is 1. The lowest BCUT2D eigenvalue weighted by Gasteiger charge is -2.29. The van der Waals surface area contributed by atoms with Gasteiger partial charge in [0.15, 0.2) is 0 Å². The zero-order valence-corrected chi connectivity index (χ0v) is 30.3. The van der Waals surface area contributed by atoms with E-state index in [2.05, 4.69) is 193 Å². The molecule has 0 N–H and O–H groups in total. The molecule has 9 aromatic carbocycles. The van der Waals surface area contributed by atoms with E-state index in [-0.39, 0.29) is 0 Å². The molecule has 248 valence electrons. The lowest BCUT2D eigenvalue weighted by Crippen LogP contribution is -2.11. The maximum absolute atomic E-state index is 2.48. The van der Waals surface area contributed by atoms with Crippen molar-refractivity contribution in [1.82, 2.24) is 0 Å². The van der Waals surface area contributed by atoms with E-state index in [0.717, 1.165) is 17.1 Å². The number of hydrogen-bond acceptors (Lipinski definition) is 3. The van der Waals surface area contributed by atoms with Crippen LogP contribution in [0.1, 0.15) is 0 Å². The molecule has 0 aliphatic rings. The van der Waals surface area contributed by atoms with Gasteiger partial charge in [-0.25, -0.2) is 0 Å². The maximum Gasteiger partial charge on any atom is 0.0546 e. The predicted molar refractivity (Wildman–Crippen MR) is 233 cm³/mol. The Bertz CT molecular complexity index is 3190. The number of fused-ring (bicyclic) bond motifs is 9. The molecule has 0 fully saturated rings. The molecule has 11 rings (SSSR count). The van der Waals surface area contributed by atoms with E-state index in [1.807, 2.05) is 22.7 Å². The van der Waals surface area contributed by atoms with Crippen molar-refractivity contribution >= 4 is 102 Å². The van der Waals surface area contributed by atoms with Crippen molar-refractivity contribution in [2.45, 2.75) is 0 Å². The molecular weight excluding hydrogens is 679 g/mol. The van der Waals surface area contributed by atoms with Gasteiger partial charge in [0.05, 0.1) is 5.69 Å². The second-order valence-corrected chi connectivity index (χ2v) is 15.8. The zero-order chi connectivity index (χ0) is 34.9. The van der Waals surface area contributed by atoms with Crippen LogP contribution in [0, 0.1) is 0 Å². The zero-order valence-electron chi connectivity index (χ0n) is 28.7. The van der Waals surface area contributed by atoms with Gasteiger partial charge in [0.2, 0.25) is 0 Å². The maximum atomic E-state index is 2.48. The summed E-state index contributed by atoms with van der Waals surface area (Å²) in [4.78, 5) is 2.48. The Morgan fingerprint density at radius 1 is 0.321 bits per heavy atom. The Kier molecular flexibility index (Phi) is 6.97. The Labute approximate surface area is 315 Å². The van der Waals surface area contributed by atoms with Crippen molar-refractivity contribution in [1.29, 1.82) is 0 Å². The van der Waals surface area contributed by atoms with Gasteiger partial charge in [-0.1, -0.05) is 146 Å². The minimum absolute atomic E-state index is 1.12. The minimum Gasteiger partial charge on any atom is -0.310 e. The Morgan fingerprint density at radius 3 is 1.75 bits per heavy atom. The summed E-state index contributed by atoms with van der Waals surface area (Å²) in [5.74, 6) is 0. The summed E-state index contributed by atoms with van der Waals surface area (Å²) >= 11 is 3.75. The van der Waals surface area contributed by atoms with Crippen LogP contribution in [-0.2, 0) is 0 Å². The molecule has 1 nitrogen and oxygen atoms in total. The van der Waals surface area contributed by atoms with Gasteiger partial charge >= 0.3 is 0 Å². The van der Waals surface area contributed by atoms with Gasteiger partial charge in [-0.15, -0.1) is 22.7 Å². The molecule has 0 atom stereocenters. The molecule has 0 aliphatic carbocycles. The molecule has 0 aliphatic heterocycles. The Hall–Kier alpha value is -6.26. The summed E-state index contributed by atoms with van der Waals surface area (Å²) in [6.45, 7) is 0. The first-order valence-corrected chi connectivity index (χ1v) is 19.6. The quantitative estimate of drug-likeness (QED) is 0.161. The number of hydrogen-bond donors (Lipinski definition) is 0. The fourth-order valence-electron chi connectivity index (χ4n) is 8.22. The fourth-order valence-corrected chi connectivity index (χ4v) is 10.6. The fraction of sp³-hybridized carbons (Fsp3) is 0. The van der Waals surface area contributed by atoms with Gasteiger partial charge in [-0.3, -0.25) is 0 Å². The number of anilines is 3. The van der Waals surface area contributed by atoms with Gasteiger partial charge in [0.1, 0.15) is 0 Å². The Morgan fingerprint density at radius 2 is 0.925 bits per heavy atom. The topological polar surface area (TPSA) is 3.24 Å². The van der Waals surface area contributed by atoms with Crippen LogP contribution in [0.3, 0.4) is 0 Å². The molecule has 3 heteroatoms. The molecule has 53 heavy (non-hydrogen) atoms. The Balaban J connectivity index is 1.20. The first-order chi connectivity index (χ1) is 26.3. The number of benzene rings is 9. The van der Waals surface area contributed by atoms with Crippen molar-refractivity contribution in [2.24, 2.45) is 0 Å². The van der Waals surface area contributed by atoms with Crippen molar-refractivity contribution in [3.63, 3.8) is 0 Å². The minimum atomic E-state index is 1.12. The summed E-state index contributed by atoms with van der Waals surface area (Å²) < 4.78 is 5.24. The van der Waals surface area contributed by atoms with E-state index in [4.69, 9.17) is 0 Å². The number of thiophene rings is 2. The van der Waals surface area contributed by atoms with E-state index in [9.17, 15) is 0 Å². The highest BCUT2D eigenvalue weighted by Crippen LogP contribution is 2.48. The van der Waals surface area contributed by atoms with Gasteiger partial charge in [0, 0.05) is 62.7 Å². The number of rotatable bonds is 5. The summed E-state index contributed by atoms with van der Waals surface area (Å²) in [7, 11) is 0. The van der Waals surface area contributed by atoms with Gasteiger partial charge < -0.3 is 4.90 Å². The highest BCUT2D eigenvalue weighted by atomic mass is 32.1. The molecule has 0 unspecified atom stereocenters. The summed E-state index contributed by atoms with van der Waals surface area (Å²) in [6, 6.07) is 69.3. The van der Waals surface area contributed by atoms with Crippen LogP contribution in [0.4, 0.5) is 17.1 Å². The van der Waals surface area contributed by atoms with E-state index in [0.29, 0.717) is 0 Å². The van der Waals surface area contributed by atoms with Crippen LogP contribution >= 0.6 is 22.7 Å². The average molecular weight is 710 g/mol. The SMILES string of the molecule is c1ccc(-c2cc(N(c3ccc4c(c3)sc3ccccc34)c3cc4ccccc4c4ccccc34)ccc2-c2cccc3c2sc2ccccc23)cc1. The summed E-state index contributed by atoms with van der Waals surface area (Å²) in [5, 5.41) is 10.2. The van der Waals surface area contributed by atoms with Crippen LogP contribution in [0.5, 0.6) is 0 Å². The second kappa shape index (κ2) is 12.2. The molecule has 0 saturated heterocycles. The summed E-state index contributed by atoms with van der Waals surface area (Å²) in [6.07, 6.45) is 0. The van der Waals surface area contributed by atoms with Crippen LogP contribution < -0.4 is 4.90 Å². The third-order valence-electron chi connectivity index (χ3n) is 10.6. The molecule has 0 amide bonds. The van der Waals surface area contributed by atoms with E-state index < -0.39 is 0 Å². The molecule has 0 bridgehead atoms. The first kappa shape index (κ1) is 30.4. The van der Waals surface area contributed by atoms with E-state index >= 15 is 0 Å². The van der Waals surface area contributed by atoms with Crippen LogP contribution in [0.25, 0.3) is 84.1 Å². The molecule has 2 heterocycles. The van der Waals surface area contributed by atoms with Crippen LogP contribution in [-0.4, -0.2) is 0 Å². The third kappa shape index (κ3) is 4.89. The van der Waals surface area contributed by atoms with Gasteiger partial charge in [-0.2, -0.15) is 0 Å². The molecular formula is C50H31NS2. The highest BCUT2D eigenvalue weighted by molar-refractivity contribution is 7.26. The molecule has 0 saturated carbocycles. The lowest BCUT2D eigenvalue weighted by molar-refractivity contribution is 1.31. The van der Waals surface area contributed by atoms with Crippen molar-refractivity contribution < 1.29 is 0 Å². The highest BCUT2D eigenvalue weighted by Gasteiger charge is 2.21. The molecule has 2 aromatic heterocycles. The van der Waals surface area contributed by atoms with E-state index in [1.165, 1.54) is 84.1 Å². The average Bonchev–Trinajstić information content (AvgIpc) is 3.80. The summed E-state index contributed by atoms with van der Waals surface area (Å²) in [5.41, 5.74) is 8.35. The molecule has 0 radical (unpaired) electrons. The predicted octanol–water partition coefficient (Wildman–Crippen LogP) is 15.5. The second-order valence-electron chi connectivity index (χ2n) is 13.7. The largest absolute Gasteiger partial charge is 0.310 e. The van der Waals surface area contributed by atoms with E-state index in [1.54, 1.807) is 0 Å². The third-order valence-corrected chi connectivity index (χ3v) is 13.0. The monoisotopic (exact) mass is 709 g/mol. The molecule has 11 aromatic rings. The van der Waals surface area contributed by atoms with Crippen molar-refractivity contribution in [3.8, 4) is 22.3 Å². The standard InChI is InChI=1S/C50H31NS2/c1-2-13-32(14-3-1)45-30-34(25-27-38(45)43-21-12-22-44-41-20-9-11-24-48(41)53-50(43)44)51(35-26-28-42-40-19-8-10-23-47(40)52-49(42)31-35)46-29-33-15-4-5-16-36(33)37-17-6-7-18-39(37)46/h1-31H. The van der Waals surface area contributed by atoms with Gasteiger partial charge in [-0.05, 0) is 75.3 Å². The van der Waals surface area contributed by atoms with Crippen molar-refractivity contribution in [3.05, 3.63) is 188 Å². The first-order valence-electron chi connectivity index (χ1n) is 18.0. The van der Waals surface area contributed by atoms with Gasteiger partial charge in [0.25, 0.3) is 0 Å². The van der Waals surface area contributed by atoms with Crippen LogP contribution in [0.15, 0.2) is 188 Å². The normalized spacial score (nSPS) is 11.8. The van der Waals surface area contributed by atoms with Crippen molar-refractivity contribution in [2.75, 3.05) is 4.90 Å². The van der Waals surface area contributed by atoms with Crippen LogP contribution in [0.2, 0.25) is 0 Å².